The molecule has 21 heavy (non-hydrogen) atoms. The molecule has 110 valence electrons. The second kappa shape index (κ2) is 5.04. The number of carbonyl (C=O) groups excluding carboxylic acids is 2. The van der Waals surface area contributed by atoms with Gasteiger partial charge in [-0.2, -0.15) is 0 Å². The van der Waals surface area contributed by atoms with Gasteiger partial charge in [-0.05, 0) is 25.5 Å². The largest absolute Gasteiger partial charge is 0.569 e. The zero-order chi connectivity index (χ0) is 15.0. The maximum absolute atomic E-state index is 12.2. The molecule has 3 rings (SSSR count). The minimum atomic E-state index is -0.949. The van der Waals surface area contributed by atoms with Gasteiger partial charge in [0.25, 0.3) is 11.8 Å². The Kier molecular flexibility index (Phi) is 3.20. The first-order chi connectivity index (χ1) is 10.1. The van der Waals surface area contributed by atoms with E-state index >= 15 is 0 Å². The lowest BCUT2D eigenvalue weighted by Gasteiger charge is -2.25. The maximum atomic E-state index is 12.2. The summed E-state index contributed by atoms with van der Waals surface area (Å²) in [5.74, 6) is -0.889. The molecule has 1 saturated heterocycles. The first-order valence-corrected chi connectivity index (χ1v) is 6.65. The average Bonchev–Trinajstić information content (AvgIpc) is 2.67. The van der Waals surface area contributed by atoms with Crippen molar-refractivity contribution in [3.63, 3.8) is 0 Å². The number of benzene rings is 1. The summed E-state index contributed by atoms with van der Waals surface area (Å²) in [7, 11) is 0. The van der Waals surface area contributed by atoms with E-state index in [0.29, 0.717) is 29.2 Å². The number of fused-ring (bicyclic) bond motifs is 1. The molecule has 8 nitrogen and oxygen atoms in total. The van der Waals surface area contributed by atoms with Crippen LogP contribution in [0.1, 0.15) is 34.1 Å². The van der Waals surface area contributed by atoms with Gasteiger partial charge < -0.3 is 10.0 Å². The Balaban J connectivity index is 1.72. The number of nitrogens with zero attached hydrogens (tertiary/aromatic N) is 4. The number of imide groups is 1. The Morgan fingerprint density at radius 1 is 1.24 bits per heavy atom. The summed E-state index contributed by atoms with van der Waals surface area (Å²) in [5.41, 5.74) is 0.666. The summed E-state index contributed by atoms with van der Waals surface area (Å²) < 4.78 is 0. The van der Waals surface area contributed by atoms with Gasteiger partial charge in [-0.15, -0.1) is 5.01 Å². The molecule has 8 heteroatoms. The third kappa shape index (κ3) is 2.18. The van der Waals surface area contributed by atoms with Crippen LogP contribution in [0.15, 0.2) is 29.5 Å². The second-order valence-electron chi connectivity index (χ2n) is 4.87. The molecule has 2 aliphatic rings. The van der Waals surface area contributed by atoms with Crippen molar-refractivity contribution in [2.24, 2.45) is 5.28 Å². The highest BCUT2D eigenvalue weighted by Gasteiger charge is 2.39. The number of carbonyl (C=O) groups is 2. The molecule has 1 aromatic carbocycles. The summed E-state index contributed by atoms with van der Waals surface area (Å²) >= 11 is 0. The van der Waals surface area contributed by atoms with Gasteiger partial charge in [0, 0.05) is 0 Å². The van der Waals surface area contributed by atoms with E-state index in [1.807, 2.05) is 0 Å². The van der Waals surface area contributed by atoms with E-state index in [-0.39, 0.29) is 0 Å². The summed E-state index contributed by atoms with van der Waals surface area (Å²) in [6.45, 7) is 2.74. The van der Waals surface area contributed by atoms with Crippen molar-refractivity contribution in [2.75, 3.05) is 13.1 Å². The van der Waals surface area contributed by atoms with Crippen LogP contribution in [0.2, 0.25) is 0 Å². The van der Waals surface area contributed by atoms with Gasteiger partial charge in [-0.3, -0.25) is 9.59 Å². The molecule has 0 radical (unpaired) electrons. The smallest absolute Gasteiger partial charge is 0.264 e. The van der Waals surface area contributed by atoms with E-state index in [1.54, 1.807) is 24.3 Å². The van der Waals surface area contributed by atoms with Crippen LogP contribution in [0, 0.1) is 5.21 Å². The number of hydrogen-bond donors (Lipinski definition) is 0. The predicted octanol–water partition coefficient (Wildman–Crippen LogP) is 1.14. The highest BCUT2D eigenvalue weighted by molar-refractivity contribution is 6.21. The minimum absolute atomic E-state index is 0.333. The lowest BCUT2D eigenvalue weighted by Crippen LogP contribution is -2.43. The van der Waals surface area contributed by atoms with Crippen molar-refractivity contribution in [1.82, 2.24) is 9.91 Å². The summed E-state index contributed by atoms with van der Waals surface area (Å²) in [6.07, 6.45) is -0.0162. The van der Waals surface area contributed by atoms with Crippen LogP contribution in [0.25, 0.3) is 0 Å². The quantitative estimate of drug-likeness (QED) is 0.359. The molecule has 2 heterocycles. The number of hydrazine groups is 1. The lowest BCUT2D eigenvalue weighted by molar-refractivity contribution is -0.723. The third-order valence-corrected chi connectivity index (χ3v) is 3.53. The summed E-state index contributed by atoms with van der Waals surface area (Å²) in [6, 6.07) is 6.54. The molecule has 1 fully saturated rings. The molecule has 2 amide bonds. The molecule has 0 aromatic heterocycles. The lowest BCUT2D eigenvalue weighted by atomic mass is 10.1. The van der Waals surface area contributed by atoms with Crippen LogP contribution in [-0.4, -0.2) is 46.0 Å². The normalized spacial score (nSPS) is 19.4. The zero-order valence-corrected chi connectivity index (χ0v) is 11.4. The van der Waals surface area contributed by atoms with E-state index in [2.05, 4.69) is 5.28 Å². The van der Waals surface area contributed by atoms with Crippen LogP contribution in [0.3, 0.4) is 0 Å². The Hall–Kier alpha value is -2.64. The number of amides is 2. The van der Waals surface area contributed by atoms with Crippen molar-refractivity contribution < 1.29 is 19.4 Å². The monoisotopic (exact) mass is 290 g/mol. The molecule has 1 unspecified atom stereocenters. The zero-order valence-electron chi connectivity index (χ0n) is 11.4. The van der Waals surface area contributed by atoms with E-state index in [0.717, 1.165) is 11.3 Å². The summed E-state index contributed by atoms with van der Waals surface area (Å²) in [4.78, 5) is 30.7. The Labute approximate surface area is 120 Å². The predicted molar refractivity (Wildman–Crippen MR) is 69.7 cm³/mol. The molecular weight excluding hydrogens is 276 g/mol. The van der Waals surface area contributed by atoms with Crippen LogP contribution in [0.4, 0.5) is 0 Å². The fourth-order valence-corrected chi connectivity index (χ4v) is 2.22. The standard InChI is InChI=1S/C13H14N4O4/c1-9(21-14-17(20)15-7-4-8-15)16-12(18)10-5-2-3-6-11(10)13(16)19/h2-3,5-6,9H,4,7-8H2,1H3/b17-14+. The Morgan fingerprint density at radius 2 is 1.81 bits per heavy atom. The molecule has 0 N–H and O–H groups in total. The highest BCUT2D eigenvalue weighted by atomic mass is 16.7. The van der Waals surface area contributed by atoms with Gasteiger partial charge in [-0.1, -0.05) is 12.1 Å². The second-order valence-corrected chi connectivity index (χ2v) is 4.87. The van der Waals surface area contributed by atoms with E-state index in [1.165, 1.54) is 11.9 Å². The van der Waals surface area contributed by atoms with Crippen molar-refractivity contribution in [3.8, 4) is 0 Å². The molecule has 2 aliphatic heterocycles. The molecule has 0 saturated carbocycles. The SMILES string of the molecule is CC(O/N=[N+](/[O-])N1CCC1)N1C(=O)c2ccccc2C1=O. The van der Waals surface area contributed by atoms with E-state index in [4.69, 9.17) is 4.84 Å². The summed E-state index contributed by atoms with van der Waals surface area (Å²) in [5, 5.41) is 16.3. The Morgan fingerprint density at radius 3 is 2.29 bits per heavy atom. The fraction of sp³-hybridized carbons (Fsp3) is 0.385. The first-order valence-electron chi connectivity index (χ1n) is 6.65. The van der Waals surface area contributed by atoms with Crippen LogP contribution in [-0.2, 0) is 4.84 Å². The maximum Gasteiger partial charge on any atom is 0.264 e. The van der Waals surface area contributed by atoms with E-state index in [9.17, 15) is 14.8 Å². The number of hydrogen-bond acceptors (Lipinski definition) is 5. The van der Waals surface area contributed by atoms with Crippen LogP contribution >= 0.6 is 0 Å². The van der Waals surface area contributed by atoms with E-state index < -0.39 is 18.0 Å². The third-order valence-electron chi connectivity index (χ3n) is 3.53. The van der Waals surface area contributed by atoms with Crippen LogP contribution < -0.4 is 0 Å². The molecule has 1 aromatic rings. The average molecular weight is 290 g/mol. The molecule has 0 bridgehead atoms. The number of rotatable bonds is 4. The van der Waals surface area contributed by atoms with Crippen molar-refractivity contribution >= 4 is 11.8 Å². The van der Waals surface area contributed by atoms with Crippen molar-refractivity contribution in [3.05, 3.63) is 40.6 Å². The van der Waals surface area contributed by atoms with Gasteiger partial charge >= 0.3 is 0 Å². The van der Waals surface area contributed by atoms with Gasteiger partial charge in [-0.25, -0.2) is 4.90 Å². The van der Waals surface area contributed by atoms with Gasteiger partial charge in [0.2, 0.25) is 11.5 Å². The minimum Gasteiger partial charge on any atom is -0.569 e. The Bertz CT molecular complexity index is 591. The molecule has 0 aliphatic carbocycles. The first kappa shape index (κ1) is 13.3. The van der Waals surface area contributed by atoms with Crippen molar-refractivity contribution in [1.29, 1.82) is 0 Å². The molecular formula is C13H14N4O4. The fourth-order valence-electron chi connectivity index (χ4n) is 2.22. The highest BCUT2D eigenvalue weighted by Crippen LogP contribution is 2.24. The van der Waals surface area contributed by atoms with Gasteiger partial charge in [0.15, 0.2) is 0 Å². The van der Waals surface area contributed by atoms with Gasteiger partial charge in [0.05, 0.1) is 29.2 Å². The topological polar surface area (TPSA) is 88.3 Å². The molecule has 0 spiro atoms. The van der Waals surface area contributed by atoms with Crippen LogP contribution in [0.5, 0.6) is 0 Å². The van der Waals surface area contributed by atoms with Crippen molar-refractivity contribution in [2.45, 2.75) is 19.6 Å². The molecule has 1 atom stereocenters. The van der Waals surface area contributed by atoms with Gasteiger partial charge in [0.1, 0.15) is 0 Å².